The van der Waals surface area contributed by atoms with Crippen LogP contribution in [-0.2, 0) is 0 Å². The zero-order valence-electron chi connectivity index (χ0n) is 10.5. The third kappa shape index (κ3) is 2.38. The summed E-state index contributed by atoms with van der Waals surface area (Å²) < 4.78 is 0. The van der Waals surface area contributed by atoms with Crippen LogP contribution in [0.2, 0.25) is 0 Å². The number of hydrogen-bond acceptors (Lipinski definition) is 1. The van der Waals surface area contributed by atoms with Crippen LogP contribution in [0.15, 0.2) is 0 Å². The first-order valence-corrected chi connectivity index (χ1v) is 7.04. The molecule has 0 aromatic carbocycles. The summed E-state index contributed by atoms with van der Waals surface area (Å²) in [5, 5.41) is 3.94. The van der Waals surface area contributed by atoms with Gasteiger partial charge in [-0.05, 0) is 50.5 Å². The average Bonchev–Trinajstić information content (AvgIpc) is 3.05. The van der Waals surface area contributed by atoms with Crippen LogP contribution in [0, 0.1) is 11.8 Å². The molecule has 2 aliphatic rings. The zero-order chi connectivity index (χ0) is 10.7. The average molecular weight is 209 g/mol. The van der Waals surface area contributed by atoms with Crippen molar-refractivity contribution in [2.45, 2.75) is 70.8 Å². The first kappa shape index (κ1) is 11.4. The molecular weight excluding hydrogens is 182 g/mol. The second-order valence-electron chi connectivity index (χ2n) is 5.74. The highest BCUT2D eigenvalue weighted by Gasteiger charge is 2.47. The van der Waals surface area contributed by atoms with E-state index in [1.54, 1.807) is 0 Å². The molecule has 1 saturated heterocycles. The first-order chi connectivity index (χ1) is 7.29. The van der Waals surface area contributed by atoms with Gasteiger partial charge in [-0.15, -0.1) is 0 Å². The molecule has 1 nitrogen and oxygen atoms in total. The van der Waals surface area contributed by atoms with Crippen molar-refractivity contribution in [2.75, 3.05) is 6.54 Å². The van der Waals surface area contributed by atoms with Crippen LogP contribution in [-0.4, -0.2) is 12.1 Å². The molecule has 0 spiro atoms. The maximum absolute atomic E-state index is 3.94. The Morgan fingerprint density at radius 3 is 2.73 bits per heavy atom. The Morgan fingerprint density at radius 2 is 2.07 bits per heavy atom. The van der Waals surface area contributed by atoms with E-state index in [0.29, 0.717) is 5.54 Å². The summed E-state index contributed by atoms with van der Waals surface area (Å²) in [7, 11) is 0. The van der Waals surface area contributed by atoms with Crippen LogP contribution in [0.1, 0.15) is 65.2 Å². The lowest BCUT2D eigenvalue weighted by atomic mass is 9.75. The van der Waals surface area contributed by atoms with Gasteiger partial charge >= 0.3 is 0 Å². The van der Waals surface area contributed by atoms with Crippen LogP contribution in [0.5, 0.6) is 0 Å². The Hall–Kier alpha value is -0.0400. The molecule has 0 radical (unpaired) electrons. The fraction of sp³-hybridized carbons (Fsp3) is 1.00. The van der Waals surface area contributed by atoms with Gasteiger partial charge in [-0.3, -0.25) is 0 Å². The highest BCUT2D eigenvalue weighted by atomic mass is 15.0. The molecule has 2 rings (SSSR count). The van der Waals surface area contributed by atoms with E-state index in [4.69, 9.17) is 0 Å². The fourth-order valence-corrected chi connectivity index (χ4v) is 3.59. The smallest absolute Gasteiger partial charge is 0.0235 e. The Kier molecular flexibility index (Phi) is 3.71. The van der Waals surface area contributed by atoms with Gasteiger partial charge in [-0.25, -0.2) is 0 Å². The maximum Gasteiger partial charge on any atom is 0.0235 e. The molecule has 0 amide bonds. The van der Waals surface area contributed by atoms with Crippen molar-refractivity contribution in [3.63, 3.8) is 0 Å². The summed E-state index contributed by atoms with van der Waals surface area (Å²) in [6.45, 7) is 6.08. The molecule has 2 unspecified atom stereocenters. The summed E-state index contributed by atoms with van der Waals surface area (Å²) in [6, 6.07) is 0. The second kappa shape index (κ2) is 4.86. The lowest BCUT2D eigenvalue weighted by Gasteiger charge is -2.40. The number of nitrogens with one attached hydrogen (secondary N) is 1. The van der Waals surface area contributed by atoms with Gasteiger partial charge in [0.1, 0.15) is 0 Å². The van der Waals surface area contributed by atoms with Gasteiger partial charge in [0.15, 0.2) is 0 Å². The Balaban J connectivity index is 2.06. The van der Waals surface area contributed by atoms with Crippen molar-refractivity contribution < 1.29 is 0 Å². The van der Waals surface area contributed by atoms with Crippen LogP contribution in [0.25, 0.3) is 0 Å². The molecule has 1 heterocycles. The van der Waals surface area contributed by atoms with E-state index in [0.717, 1.165) is 11.8 Å². The molecule has 88 valence electrons. The van der Waals surface area contributed by atoms with Crippen molar-refractivity contribution >= 4 is 0 Å². The van der Waals surface area contributed by atoms with Gasteiger partial charge in [-0.1, -0.05) is 33.1 Å². The van der Waals surface area contributed by atoms with E-state index in [2.05, 4.69) is 19.2 Å². The third-order valence-corrected chi connectivity index (χ3v) is 4.63. The molecule has 2 atom stereocenters. The van der Waals surface area contributed by atoms with Crippen LogP contribution in [0.4, 0.5) is 0 Å². The van der Waals surface area contributed by atoms with Crippen LogP contribution < -0.4 is 5.32 Å². The van der Waals surface area contributed by atoms with E-state index >= 15 is 0 Å². The standard InChI is InChI=1S/C14H27N/c1-3-7-12(2)14(13-8-9-13)10-5-4-6-11-15-14/h12-13,15H,3-11H2,1-2H3. The quantitative estimate of drug-likeness (QED) is 0.744. The molecule has 1 N–H and O–H groups in total. The van der Waals surface area contributed by atoms with Crippen molar-refractivity contribution in [2.24, 2.45) is 11.8 Å². The monoisotopic (exact) mass is 209 g/mol. The molecule has 1 aliphatic heterocycles. The normalized spacial score (nSPS) is 34.8. The van der Waals surface area contributed by atoms with E-state index in [1.165, 1.54) is 57.9 Å². The highest BCUT2D eigenvalue weighted by molar-refractivity contribution is 5.04. The van der Waals surface area contributed by atoms with Gasteiger partial charge in [0.2, 0.25) is 0 Å². The molecule has 0 aromatic heterocycles. The lowest BCUT2D eigenvalue weighted by molar-refractivity contribution is 0.170. The summed E-state index contributed by atoms with van der Waals surface area (Å²) in [6.07, 6.45) is 11.5. The summed E-state index contributed by atoms with van der Waals surface area (Å²) in [4.78, 5) is 0. The molecule has 1 saturated carbocycles. The van der Waals surface area contributed by atoms with Gasteiger partial charge in [0, 0.05) is 5.54 Å². The van der Waals surface area contributed by atoms with Gasteiger partial charge < -0.3 is 5.32 Å². The molecule has 2 fully saturated rings. The van der Waals surface area contributed by atoms with Crippen molar-refractivity contribution in [3.8, 4) is 0 Å². The van der Waals surface area contributed by atoms with Crippen LogP contribution in [0.3, 0.4) is 0 Å². The fourth-order valence-electron chi connectivity index (χ4n) is 3.59. The molecular formula is C14H27N. The summed E-state index contributed by atoms with van der Waals surface area (Å²) in [5.41, 5.74) is 0.534. The predicted molar refractivity (Wildman–Crippen MR) is 66.0 cm³/mol. The minimum Gasteiger partial charge on any atom is -0.311 e. The van der Waals surface area contributed by atoms with E-state index in [9.17, 15) is 0 Å². The lowest BCUT2D eigenvalue weighted by Crippen LogP contribution is -2.52. The SMILES string of the molecule is CCCC(C)C1(C2CC2)CCCCCN1. The van der Waals surface area contributed by atoms with E-state index in [-0.39, 0.29) is 0 Å². The summed E-state index contributed by atoms with van der Waals surface area (Å²) >= 11 is 0. The van der Waals surface area contributed by atoms with Crippen molar-refractivity contribution in [3.05, 3.63) is 0 Å². The largest absolute Gasteiger partial charge is 0.311 e. The number of hydrogen-bond donors (Lipinski definition) is 1. The molecule has 1 aliphatic carbocycles. The minimum absolute atomic E-state index is 0.534. The summed E-state index contributed by atoms with van der Waals surface area (Å²) in [5.74, 6) is 1.89. The molecule has 15 heavy (non-hydrogen) atoms. The second-order valence-corrected chi connectivity index (χ2v) is 5.74. The maximum atomic E-state index is 3.94. The Bertz CT molecular complexity index is 188. The van der Waals surface area contributed by atoms with Gasteiger partial charge in [0.05, 0.1) is 0 Å². The first-order valence-electron chi connectivity index (χ1n) is 7.04. The van der Waals surface area contributed by atoms with Gasteiger partial charge in [0.25, 0.3) is 0 Å². The van der Waals surface area contributed by atoms with Gasteiger partial charge in [-0.2, -0.15) is 0 Å². The Morgan fingerprint density at radius 1 is 1.27 bits per heavy atom. The Labute approximate surface area is 95.0 Å². The predicted octanol–water partition coefficient (Wildman–Crippen LogP) is 3.74. The van der Waals surface area contributed by atoms with Crippen LogP contribution >= 0.6 is 0 Å². The molecule has 0 bridgehead atoms. The third-order valence-electron chi connectivity index (χ3n) is 4.63. The highest BCUT2D eigenvalue weighted by Crippen LogP contribution is 2.48. The van der Waals surface area contributed by atoms with E-state index < -0.39 is 0 Å². The number of rotatable bonds is 4. The minimum atomic E-state index is 0.534. The molecule has 1 heteroatoms. The topological polar surface area (TPSA) is 12.0 Å². The molecule has 0 aromatic rings. The zero-order valence-corrected chi connectivity index (χ0v) is 10.5. The van der Waals surface area contributed by atoms with Crippen molar-refractivity contribution in [1.29, 1.82) is 0 Å². The van der Waals surface area contributed by atoms with E-state index in [1.807, 2.05) is 0 Å². The van der Waals surface area contributed by atoms with Crippen molar-refractivity contribution in [1.82, 2.24) is 5.32 Å².